The van der Waals surface area contributed by atoms with Crippen LogP contribution in [0, 0.1) is 6.92 Å². The van der Waals surface area contributed by atoms with Crippen LogP contribution in [0.1, 0.15) is 36.4 Å². The van der Waals surface area contributed by atoms with Crippen LogP contribution >= 0.6 is 15.9 Å². The van der Waals surface area contributed by atoms with E-state index in [2.05, 4.69) is 34.2 Å². The first-order valence-corrected chi connectivity index (χ1v) is 7.38. The summed E-state index contributed by atoms with van der Waals surface area (Å²) in [5, 5.41) is 3.59. The van der Waals surface area contributed by atoms with Gasteiger partial charge in [-0.2, -0.15) is 0 Å². The van der Waals surface area contributed by atoms with Crippen molar-refractivity contribution in [2.75, 3.05) is 19.8 Å². The third-order valence-corrected chi connectivity index (χ3v) is 4.33. The molecule has 1 aromatic rings. The topological polar surface area (TPSA) is 30.5 Å². The molecule has 1 aromatic carbocycles. The molecule has 3 nitrogen and oxygen atoms in total. The Kier molecular flexibility index (Phi) is 3.48. The SMILES string of the molecule is Cc1c(C2CCCCN2)cc(Br)c2c1OCCO2. The van der Waals surface area contributed by atoms with Gasteiger partial charge < -0.3 is 14.8 Å². The molecule has 1 N–H and O–H groups in total. The summed E-state index contributed by atoms with van der Waals surface area (Å²) in [6.07, 6.45) is 3.78. The van der Waals surface area contributed by atoms with E-state index in [9.17, 15) is 0 Å². The van der Waals surface area contributed by atoms with Gasteiger partial charge in [-0.3, -0.25) is 0 Å². The summed E-state index contributed by atoms with van der Waals surface area (Å²) in [6, 6.07) is 2.64. The molecule has 0 spiro atoms. The molecule has 0 aliphatic carbocycles. The van der Waals surface area contributed by atoms with Gasteiger partial charge in [0, 0.05) is 6.04 Å². The van der Waals surface area contributed by atoms with Gasteiger partial charge in [-0.05, 0) is 59.4 Å². The second kappa shape index (κ2) is 5.10. The fourth-order valence-corrected chi connectivity index (χ4v) is 3.34. The average molecular weight is 312 g/mol. The van der Waals surface area contributed by atoms with E-state index in [4.69, 9.17) is 9.47 Å². The highest BCUT2D eigenvalue weighted by Gasteiger charge is 2.24. The van der Waals surface area contributed by atoms with Crippen molar-refractivity contribution in [3.8, 4) is 11.5 Å². The zero-order chi connectivity index (χ0) is 12.5. The van der Waals surface area contributed by atoms with Gasteiger partial charge in [0.1, 0.15) is 13.2 Å². The van der Waals surface area contributed by atoms with Crippen molar-refractivity contribution in [3.63, 3.8) is 0 Å². The molecule has 0 aromatic heterocycles. The number of rotatable bonds is 1. The average Bonchev–Trinajstić information content (AvgIpc) is 2.44. The second-order valence-corrected chi connectivity index (χ2v) is 5.78. The Morgan fingerprint density at radius 2 is 2.00 bits per heavy atom. The molecule has 2 aliphatic heterocycles. The lowest BCUT2D eigenvalue weighted by Gasteiger charge is -2.29. The Morgan fingerprint density at radius 3 is 2.72 bits per heavy atom. The molecule has 0 saturated carbocycles. The predicted molar refractivity (Wildman–Crippen MR) is 74.5 cm³/mol. The van der Waals surface area contributed by atoms with Gasteiger partial charge in [0.2, 0.25) is 0 Å². The summed E-state index contributed by atoms with van der Waals surface area (Å²) in [4.78, 5) is 0. The van der Waals surface area contributed by atoms with E-state index >= 15 is 0 Å². The third kappa shape index (κ3) is 2.12. The van der Waals surface area contributed by atoms with Crippen molar-refractivity contribution in [1.29, 1.82) is 0 Å². The molecule has 3 rings (SSSR count). The fraction of sp³-hybridized carbons (Fsp3) is 0.571. The zero-order valence-electron chi connectivity index (χ0n) is 10.6. The van der Waals surface area contributed by atoms with Crippen LogP contribution in [0.3, 0.4) is 0 Å². The lowest BCUT2D eigenvalue weighted by Crippen LogP contribution is -2.28. The summed E-state index contributed by atoms with van der Waals surface area (Å²) < 4.78 is 12.5. The van der Waals surface area contributed by atoms with E-state index < -0.39 is 0 Å². The van der Waals surface area contributed by atoms with Crippen molar-refractivity contribution in [2.45, 2.75) is 32.2 Å². The van der Waals surface area contributed by atoms with Crippen molar-refractivity contribution >= 4 is 15.9 Å². The van der Waals surface area contributed by atoms with Gasteiger partial charge >= 0.3 is 0 Å². The molecule has 0 radical (unpaired) electrons. The van der Waals surface area contributed by atoms with Gasteiger partial charge in [0.15, 0.2) is 11.5 Å². The van der Waals surface area contributed by atoms with Crippen molar-refractivity contribution in [1.82, 2.24) is 5.32 Å². The number of hydrogen-bond donors (Lipinski definition) is 1. The molecule has 2 heterocycles. The van der Waals surface area contributed by atoms with E-state index in [1.54, 1.807) is 0 Å². The second-order valence-electron chi connectivity index (χ2n) is 4.93. The Bertz CT molecular complexity index is 456. The van der Waals surface area contributed by atoms with Crippen LogP contribution < -0.4 is 14.8 Å². The van der Waals surface area contributed by atoms with E-state index in [1.165, 1.54) is 30.4 Å². The molecule has 0 amide bonds. The van der Waals surface area contributed by atoms with Crippen molar-refractivity contribution < 1.29 is 9.47 Å². The summed E-state index contributed by atoms with van der Waals surface area (Å²) in [7, 11) is 0. The minimum atomic E-state index is 0.450. The Morgan fingerprint density at radius 1 is 1.22 bits per heavy atom. The number of piperidine rings is 1. The fourth-order valence-electron chi connectivity index (χ4n) is 2.80. The summed E-state index contributed by atoms with van der Waals surface area (Å²) in [5.41, 5.74) is 2.55. The molecule has 1 unspecified atom stereocenters. The summed E-state index contributed by atoms with van der Waals surface area (Å²) in [5.74, 6) is 1.77. The van der Waals surface area contributed by atoms with Gasteiger partial charge in [0.25, 0.3) is 0 Å². The van der Waals surface area contributed by atoms with Gasteiger partial charge in [0.05, 0.1) is 4.47 Å². The largest absolute Gasteiger partial charge is 0.486 e. The molecule has 2 aliphatic rings. The summed E-state index contributed by atoms with van der Waals surface area (Å²) in [6.45, 7) is 4.51. The number of nitrogens with one attached hydrogen (secondary N) is 1. The van der Waals surface area contributed by atoms with Gasteiger partial charge in [-0.15, -0.1) is 0 Å². The molecule has 1 fully saturated rings. The lowest BCUT2D eigenvalue weighted by atomic mass is 9.93. The van der Waals surface area contributed by atoms with Crippen LogP contribution in [0.4, 0.5) is 0 Å². The number of benzene rings is 1. The van der Waals surface area contributed by atoms with Crippen molar-refractivity contribution in [2.24, 2.45) is 0 Å². The Hall–Kier alpha value is -0.740. The summed E-state index contributed by atoms with van der Waals surface area (Å²) >= 11 is 3.60. The quantitative estimate of drug-likeness (QED) is 0.863. The molecule has 0 bridgehead atoms. The molecular formula is C14H18BrNO2. The molecule has 18 heavy (non-hydrogen) atoms. The Labute approximate surface area is 116 Å². The number of hydrogen-bond acceptors (Lipinski definition) is 3. The lowest BCUT2D eigenvalue weighted by molar-refractivity contribution is 0.169. The van der Waals surface area contributed by atoms with Crippen LogP contribution in [0.15, 0.2) is 10.5 Å². The smallest absolute Gasteiger partial charge is 0.175 e. The van der Waals surface area contributed by atoms with Crippen LogP contribution in [-0.4, -0.2) is 19.8 Å². The first kappa shape index (κ1) is 12.3. The normalized spacial score (nSPS) is 22.9. The molecule has 1 atom stereocenters. The molecular weight excluding hydrogens is 294 g/mol. The first-order valence-electron chi connectivity index (χ1n) is 6.59. The first-order chi connectivity index (χ1) is 8.77. The Balaban J connectivity index is 2.01. The van der Waals surface area contributed by atoms with Crippen LogP contribution in [-0.2, 0) is 0 Å². The maximum Gasteiger partial charge on any atom is 0.175 e. The maximum absolute atomic E-state index is 5.78. The third-order valence-electron chi connectivity index (χ3n) is 3.74. The maximum atomic E-state index is 5.78. The molecule has 4 heteroatoms. The molecule has 98 valence electrons. The van der Waals surface area contributed by atoms with E-state index in [1.807, 2.05) is 0 Å². The molecule has 1 saturated heterocycles. The van der Waals surface area contributed by atoms with Crippen molar-refractivity contribution in [3.05, 3.63) is 21.7 Å². The van der Waals surface area contributed by atoms with Gasteiger partial charge in [-0.1, -0.05) is 6.42 Å². The standard InChI is InChI=1S/C14H18BrNO2/c1-9-10(12-4-2-3-5-16-12)8-11(15)14-13(9)17-6-7-18-14/h8,12,16H,2-7H2,1H3. The highest BCUT2D eigenvalue weighted by Crippen LogP contribution is 2.44. The number of ether oxygens (including phenoxy) is 2. The minimum Gasteiger partial charge on any atom is -0.486 e. The highest BCUT2D eigenvalue weighted by atomic mass is 79.9. The zero-order valence-corrected chi connectivity index (χ0v) is 12.2. The van der Waals surface area contributed by atoms with Gasteiger partial charge in [-0.25, -0.2) is 0 Å². The predicted octanol–water partition coefficient (Wildman–Crippen LogP) is 3.34. The minimum absolute atomic E-state index is 0.450. The van der Waals surface area contributed by atoms with Crippen LogP contribution in [0.25, 0.3) is 0 Å². The van der Waals surface area contributed by atoms with Crippen LogP contribution in [0.5, 0.6) is 11.5 Å². The highest BCUT2D eigenvalue weighted by molar-refractivity contribution is 9.10. The number of fused-ring (bicyclic) bond motifs is 1. The van der Waals surface area contributed by atoms with E-state index in [0.717, 1.165) is 22.5 Å². The monoisotopic (exact) mass is 311 g/mol. The number of halogens is 1. The van der Waals surface area contributed by atoms with Crippen LogP contribution in [0.2, 0.25) is 0 Å². The van der Waals surface area contributed by atoms with E-state index in [-0.39, 0.29) is 0 Å². The van der Waals surface area contributed by atoms with E-state index in [0.29, 0.717) is 19.3 Å².